The second-order valence-corrected chi connectivity index (χ2v) is 5.47. The smallest absolute Gasteiger partial charge is 0.258 e. The Balaban J connectivity index is 3.19. The van der Waals surface area contributed by atoms with Crippen molar-refractivity contribution in [1.82, 2.24) is 0 Å². The zero-order valence-corrected chi connectivity index (χ0v) is 10.2. The second kappa shape index (κ2) is 5.24. The van der Waals surface area contributed by atoms with E-state index in [9.17, 15) is 18.5 Å². The zero-order chi connectivity index (χ0) is 13.1. The third-order valence-electron chi connectivity index (χ3n) is 2.40. The molecule has 0 aromatic heterocycles. The molecule has 0 saturated heterocycles. The summed E-state index contributed by atoms with van der Waals surface area (Å²) in [6.07, 6.45) is 0.976. The van der Waals surface area contributed by atoms with E-state index in [0.29, 0.717) is 18.4 Å². The number of nitro groups is 1. The zero-order valence-electron chi connectivity index (χ0n) is 9.37. The van der Waals surface area contributed by atoms with E-state index in [2.05, 4.69) is 0 Å². The molecule has 6 nitrogen and oxygen atoms in total. The summed E-state index contributed by atoms with van der Waals surface area (Å²) in [4.78, 5) is 10.0. The maximum Gasteiger partial charge on any atom is 0.269 e. The molecule has 0 radical (unpaired) electrons. The average Bonchev–Trinajstić information content (AvgIpc) is 2.24. The molecule has 0 aliphatic heterocycles. The Kier molecular flexibility index (Phi) is 4.19. The predicted octanol–water partition coefficient (Wildman–Crippen LogP) is 1.72. The first-order valence-electron chi connectivity index (χ1n) is 5.12. The fraction of sp³-hybridized carbons (Fsp3) is 0.400. The number of rotatable bonds is 5. The highest BCUT2D eigenvalue weighted by Gasteiger charge is 2.24. The van der Waals surface area contributed by atoms with Crippen molar-refractivity contribution in [2.45, 2.75) is 25.0 Å². The van der Waals surface area contributed by atoms with Crippen molar-refractivity contribution in [2.75, 3.05) is 0 Å². The van der Waals surface area contributed by atoms with Crippen LogP contribution in [0, 0.1) is 10.1 Å². The van der Waals surface area contributed by atoms with Gasteiger partial charge in [0.2, 0.25) is 10.0 Å². The molecular weight excluding hydrogens is 244 g/mol. The van der Waals surface area contributed by atoms with Gasteiger partial charge in [-0.3, -0.25) is 10.1 Å². The molecule has 0 aliphatic rings. The van der Waals surface area contributed by atoms with Gasteiger partial charge in [-0.1, -0.05) is 25.5 Å². The van der Waals surface area contributed by atoms with Gasteiger partial charge in [-0.15, -0.1) is 0 Å². The largest absolute Gasteiger partial charge is 0.269 e. The molecule has 1 aromatic rings. The Morgan fingerprint density at radius 3 is 2.59 bits per heavy atom. The Bertz CT molecular complexity index is 513. The lowest BCUT2D eigenvalue weighted by molar-refractivity contribution is -0.384. The summed E-state index contributed by atoms with van der Waals surface area (Å²) in [5.74, 6) is 0. The van der Waals surface area contributed by atoms with Crippen LogP contribution in [-0.4, -0.2) is 13.3 Å². The van der Waals surface area contributed by atoms with Gasteiger partial charge in [-0.2, -0.15) is 0 Å². The second-order valence-electron chi connectivity index (χ2n) is 3.72. The van der Waals surface area contributed by atoms with Crippen LogP contribution >= 0.6 is 0 Å². The summed E-state index contributed by atoms with van der Waals surface area (Å²) in [6, 6.07) is 5.57. The maximum atomic E-state index is 11.4. The van der Waals surface area contributed by atoms with E-state index in [1.165, 1.54) is 24.3 Å². The minimum Gasteiger partial charge on any atom is -0.258 e. The molecule has 2 N–H and O–H groups in total. The number of hydrogen-bond acceptors (Lipinski definition) is 4. The number of sulfonamides is 1. The van der Waals surface area contributed by atoms with Crippen molar-refractivity contribution in [3.63, 3.8) is 0 Å². The van der Waals surface area contributed by atoms with Gasteiger partial charge in [0.25, 0.3) is 5.69 Å². The molecule has 1 atom stereocenters. The third-order valence-corrected chi connectivity index (χ3v) is 3.70. The summed E-state index contributed by atoms with van der Waals surface area (Å²) in [6.45, 7) is 1.83. The first-order chi connectivity index (χ1) is 7.86. The molecule has 1 unspecified atom stereocenters. The standard InChI is InChI=1S/C10H14N2O4S/c1-2-4-10(17(11,15)16)8-5-3-6-9(7-8)12(13)14/h3,5-7,10H,2,4H2,1H3,(H2,11,15,16). The van der Waals surface area contributed by atoms with Gasteiger partial charge in [0.15, 0.2) is 0 Å². The van der Waals surface area contributed by atoms with Crippen molar-refractivity contribution in [2.24, 2.45) is 5.14 Å². The summed E-state index contributed by atoms with van der Waals surface area (Å²) in [5.41, 5.74) is 0.232. The summed E-state index contributed by atoms with van der Waals surface area (Å²) in [7, 11) is -3.75. The molecule has 0 aliphatic carbocycles. The van der Waals surface area contributed by atoms with E-state index in [1.807, 2.05) is 6.92 Å². The quantitative estimate of drug-likeness (QED) is 0.641. The number of nitrogens with two attached hydrogens (primary N) is 1. The number of nitrogens with zero attached hydrogens (tertiary/aromatic N) is 1. The van der Waals surface area contributed by atoms with Crippen molar-refractivity contribution < 1.29 is 13.3 Å². The molecule has 17 heavy (non-hydrogen) atoms. The van der Waals surface area contributed by atoms with E-state index < -0.39 is 20.2 Å². The Labute approximate surface area is 99.6 Å². The van der Waals surface area contributed by atoms with E-state index in [-0.39, 0.29) is 5.69 Å². The Hall–Kier alpha value is -1.47. The van der Waals surface area contributed by atoms with Gasteiger partial charge in [-0.05, 0) is 12.0 Å². The average molecular weight is 258 g/mol. The molecule has 0 spiro atoms. The molecule has 94 valence electrons. The van der Waals surface area contributed by atoms with Gasteiger partial charge in [0, 0.05) is 12.1 Å². The Morgan fingerprint density at radius 1 is 1.47 bits per heavy atom. The van der Waals surface area contributed by atoms with Gasteiger partial charge >= 0.3 is 0 Å². The molecule has 7 heteroatoms. The molecule has 0 fully saturated rings. The van der Waals surface area contributed by atoms with Crippen LogP contribution in [0.1, 0.15) is 30.6 Å². The minimum atomic E-state index is -3.75. The van der Waals surface area contributed by atoms with E-state index >= 15 is 0 Å². The van der Waals surface area contributed by atoms with Gasteiger partial charge in [0.1, 0.15) is 5.25 Å². The molecule has 0 bridgehead atoms. The van der Waals surface area contributed by atoms with Gasteiger partial charge in [-0.25, -0.2) is 13.6 Å². The number of primary sulfonamides is 1. The van der Waals surface area contributed by atoms with E-state index in [4.69, 9.17) is 5.14 Å². The number of benzene rings is 1. The van der Waals surface area contributed by atoms with Crippen LogP contribution in [0.3, 0.4) is 0 Å². The summed E-state index contributed by atoms with van der Waals surface area (Å²) >= 11 is 0. The molecule has 1 aromatic carbocycles. The topological polar surface area (TPSA) is 103 Å². The van der Waals surface area contributed by atoms with Crippen LogP contribution in [0.5, 0.6) is 0 Å². The number of hydrogen-bond donors (Lipinski definition) is 1. The van der Waals surface area contributed by atoms with Crippen molar-refractivity contribution in [3.05, 3.63) is 39.9 Å². The molecular formula is C10H14N2O4S. The van der Waals surface area contributed by atoms with Gasteiger partial charge in [0.05, 0.1) is 4.92 Å². The van der Waals surface area contributed by atoms with Crippen LogP contribution in [0.25, 0.3) is 0 Å². The summed E-state index contributed by atoms with van der Waals surface area (Å²) < 4.78 is 22.8. The molecule has 1 rings (SSSR count). The SMILES string of the molecule is CCCC(c1cccc([N+](=O)[O-])c1)S(N)(=O)=O. The first kappa shape index (κ1) is 13.6. The van der Waals surface area contributed by atoms with E-state index in [1.54, 1.807) is 0 Å². The van der Waals surface area contributed by atoms with Crippen LogP contribution in [-0.2, 0) is 10.0 Å². The van der Waals surface area contributed by atoms with Crippen LogP contribution in [0.15, 0.2) is 24.3 Å². The maximum absolute atomic E-state index is 11.4. The van der Waals surface area contributed by atoms with Crippen molar-refractivity contribution in [3.8, 4) is 0 Å². The highest BCUT2D eigenvalue weighted by atomic mass is 32.2. The lowest BCUT2D eigenvalue weighted by Gasteiger charge is -2.13. The highest BCUT2D eigenvalue weighted by molar-refractivity contribution is 7.89. The van der Waals surface area contributed by atoms with Crippen LogP contribution in [0.4, 0.5) is 5.69 Å². The highest BCUT2D eigenvalue weighted by Crippen LogP contribution is 2.27. The lowest BCUT2D eigenvalue weighted by atomic mass is 10.1. The lowest BCUT2D eigenvalue weighted by Crippen LogP contribution is -2.21. The minimum absolute atomic E-state index is 0.132. The van der Waals surface area contributed by atoms with Gasteiger partial charge < -0.3 is 0 Å². The van der Waals surface area contributed by atoms with E-state index in [0.717, 1.165) is 0 Å². The van der Waals surface area contributed by atoms with Crippen LogP contribution in [0.2, 0.25) is 0 Å². The molecule has 0 saturated carbocycles. The van der Waals surface area contributed by atoms with Crippen molar-refractivity contribution in [1.29, 1.82) is 0 Å². The van der Waals surface area contributed by atoms with Crippen LogP contribution < -0.4 is 5.14 Å². The van der Waals surface area contributed by atoms with Crippen molar-refractivity contribution >= 4 is 15.7 Å². The molecule has 0 heterocycles. The fourth-order valence-electron chi connectivity index (χ4n) is 1.62. The number of nitro benzene ring substituents is 1. The Morgan fingerprint density at radius 2 is 2.12 bits per heavy atom. The first-order valence-corrected chi connectivity index (χ1v) is 6.73. The number of non-ortho nitro benzene ring substituents is 1. The summed E-state index contributed by atoms with van der Waals surface area (Å²) in [5, 5.41) is 14.9. The monoisotopic (exact) mass is 258 g/mol. The molecule has 0 amide bonds. The normalized spacial score (nSPS) is 13.3. The third kappa shape index (κ3) is 3.50. The fourth-order valence-corrected chi connectivity index (χ4v) is 2.71. The predicted molar refractivity (Wildman–Crippen MR) is 63.9 cm³/mol.